The summed E-state index contributed by atoms with van der Waals surface area (Å²) in [6.45, 7) is 0.934. The van der Waals surface area contributed by atoms with Crippen molar-refractivity contribution in [3.63, 3.8) is 0 Å². The Morgan fingerprint density at radius 3 is 2.63 bits per heavy atom. The first-order chi connectivity index (χ1) is 9.28. The van der Waals surface area contributed by atoms with E-state index in [0.29, 0.717) is 11.9 Å². The molecule has 0 radical (unpaired) electrons. The summed E-state index contributed by atoms with van der Waals surface area (Å²) in [5.74, 6) is 0.364. The zero-order chi connectivity index (χ0) is 13.3. The van der Waals surface area contributed by atoms with Crippen LogP contribution in [0.1, 0.15) is 37.7 Å². The summed E-state index contributed by atoms with van der Waals surface area (Å²) in [6.07, 6.45) is 5.57. The molecule has 0 N–H and O–H groups in total. The zero-order valence-corrected chi connectivity index (χ0v) is 12.7. The number of nitrogens with zero attached hydrogens (tertiary/aromatic N) is 1. The molecule has 0 aromatic heterocycles. The molecule has 1 aliphatic carbocycles. The van der Waals surface area contributed by atoms with E-state index in [-0.39, 0.29) is 5.41 Å². The molecule has 2 nitrogen and oxygen atoms in total. The maximum Gasteiger partial charge on any atom is 0.233 e. The molecule has 0 spiro atoms. The van der Waals surface area contributed by atoms with Crippen LogP contribution in [0.2, 0.25) is 0 Å². The molecule has 19 heavy (non-hydrogen) atoms. The van der Waals surface area contributed by atoms with Crippen LogP contribution in [0.3, 0.4) is 0 Å². The lowest BCUT2D eigenvalue weighted by molar-refractivity contribution is -0.137. The van der Waals surface area contributed by atoms with Gasteiger partial charge in [0.1, 0.15) is 0 Å². The smallest absolute Gasteiger partial charge is 0.233 e. The van der Waals surface area contributed by atoms with E-state index in [2.05, 4.69) is 33.0 Å². The number of likely N-dealkylation sites (tertiary alicyclic amines) is 1. The van der Waals surface area contributed by atoms with Crippen LogP contribution in [-0.4, -0.2) is 28.7 Å². The number of hydrogen-bond acceptors (Lipinski definition) is 1. The van der Waals surface area contributed by atoms with Crippen molar-refractivity contribution < 1.29 is 4.79 Å². The Bertz CT molecular complexity index is 455. The van der Waals surface area contributed by atoms with E-state index in [1.165, 1.54) is 12.0 Å². The van der Waals surface area contributed by atoms with E-state index in [4.69, 9.17) is 0 Å². The van der Waals surface area contributed by atoms with Crippen molar-refractivity contribution >= 4 is 21.8 Å². The minimum Gasteiger partial charge on any atom is -0.338 e. The van der Waals surface area contributed by atoms with Crippen molar-refractivity contribution in [2.75, 3.05) is 11.9 Å². The van der Waals surface area contributed by atoms with Crippen LogP contribution in [-0.2, 0) is 10.2 Å². The quantitative estimate of drug-likeness (QED) is 0.780. The maximum atomic E-state index is 13.0. The Kier molecular flexibility index (Phi) is 3.66. The molecule has 102 valence electrons. The summed E-state index contributed by atoms with van der Waals surface area (Å²) in [6, 6.07) is 10.7. The molecule has 3 rings (SSSR count). The predicted molar refractivity (Wildman–Crippen MR) is 80.5 cm³/mol. The lowest BCUT2D eigenvalue weighted by atomic mass is 9.92. The first-order valence-corrected chi connectivity index (χ1v) is 8.33. The molecule has 1 heterocycles. The average molecular weight is 322 g/mol. The van der Waals surface area contributed by atoms with Crippen LogP contribution >= 0.6 is 15.9 Å². The monoisotopic (exact) mass is 321 g/mol. The van der Waals surface area contributed by atoms with Crippen LogP contribution in [0.5, 0.6) is 0 Å². The van der Waals surface area contributed by atoms with E-state index in [1.54, 1.807) is 0 Å². The molecule has 1 aromatic rings. The number of carbonyl (C=O) groups is 1. The van der Waals surface area contributed by atoms with Gasteiger partial charge in [0.25, 0.3) is 0 Å². The number of hydrogen-bond donors (Lipinski definition) is 0. The highest BCUT2D eigenvalue weighted by Crippen LogP contribution is 2.50. The number of amides is 1. The van der Waals surface area contributed by atoms with Crippen molar-refractivity contribution in [3.8, 4) is 0 Å². The third-order valence-electron chi connectivity index (χ3n) is 4.55. The number of halogens is 1. The van der Waals surface area contributed by atoms with Crippen molar-refractivity contribution in [1.29, 1.82) is 0 Å². The highest BCUT2D eigenvalue weighted by molar-refractivity contribution is 9.09. The fourth-order valence-corrected chi connectivity index (χ4v) is 3.88. The van der Waals surface area contributed by atoms with Crippen LogP contribution in [0.15, 0.2) is 30.3 Å². The van der Waals surface area contributed by atoms with Gasteiger partial charge in [0.2, 0.25) is 5.91 Å². The summed E-state index contributed by atoms with van der Waals surface area (Å²) >= 11 is 3.57. The molecule has 1 aromatic carbocycles. The molecule has 1 amide bonds. The molecule has 1 aliphatic heterocycles. The molecule has 2 aliphatic rings. The lowest BCUT2D eigenvalue weighted by Gasteiger charge is -2.37. The number of alkyl halides is 1. The van der Waals surface area contributed by atoms with Gasteiger partial charge in [0.15, 0.2) is 0 Å². The summed E-state index contributed by atoms with van der Waals surface area (Å²) in [4.78, 5) is 15.1. The largest absolute Gasteiger partial charge is 0.338 e. The Hall–Kier alpha value is -0.830. The second kappa shape index (κ2) is 5.28. The van der Waals surface area contributed by atoms with Gasteiger partial charge in [-0.2, -0.15) is 0 Å². The highest BCUT2D eigenvalue weighted by atomic mass is 79.9. The van der Waals surface area contributed by atoms with E-state index < -0.39 is 0 Å². The number of piperidine rings is 1. The maximum absolute atomic E-state index is 13.0. The highest BCUT2D eigenvalue weighted by Gasteiger charge is 2.53. The van der Waals surface area contributed by atoms with E-state index in [1.807, 2.05) is 18.2 Å². The fourth-order valence-electron chi connectivity index (χ4n) is 3.21. The van der Waals surface area contributed by atoms with E-state index in [9.17, 15) is 4.79 Å². The Morgan fingerprint density at radius 2 is 2.00 bits per heavy atom. The number of rotatable bonds is 3. The van der Waals surface area contributed by atoms with Crippen LogP contribution in [0.25, 0.3) is 0 Å². The van der Waals surface area contributed by atoms with Crippen molar-refractivity contribution in [1.82, 2.24) is 4.90 Å². The first-order valence-electron chi connectivity index (χ1n) is 7.20. The SMILES string of the molecule is O=C(N1CCCCC1CBr)C1(c2ccccc2)CC1. The van der Waals surface area contributed by atoms with E-state index in [0.717, 1.165) is 37.6 Å². The van der Waals surface area contributed by atoms with Gasteiger partial charge in [0.05, 0.1) is 5.41 Å². The van der Waals surface area contributed by atoms with Gasteiger partial charge < -0.3 is 4.90 Å². The Labute approximate surface area is 123 Å². The van der Waals surface area contributed by atoms with Crippen molar-refractivity contribution in [3.05, 3.63) is 35.9 Å². The normalized spacial score (nSPS) is 25.1. The third-order valence-corrected chi connectivity index (χ3v) is 5.30. The molecule has 1 unspecified atom stereocenters. The van der Waals surface area contributed by atoms with E-state index >= 15 is 0 Å². The molecular weight excluding hydrogens is 302 g/mol. The second-order valence-electron chi connectivity index (χ2n) is 5.75. The minimum absolute atomic E-state index is 0.195. The third kappa shape index (κ3) is 2.33. The Balaban J connectivity index is 1.83. The molecule has 2 fully saturated rings. The van der Waals surface area contributed by atoms with Crippen molar-refractivity contribution in [2.45, 2.75) is 43.6 Å². The standard InChI is InChI=1S/C16H20BrNO/c17-12-14-8-4-5-11-18(14)15(19)16(9-10-16)13-6-2-1-3-7-13/h1-3,6-7,14H,4-5,8-12H2. The summed E-state index contributed by atoms with van der Waals surface area (Å²) in [7, 11) is 0. The molecule has 1 saturated heterocycles. The molecular formula is C16H20BrNO. The molecule has 0 bridgehead atoms. The topological polar surface area (TPSA) is 20.3 Å². The zero-order valence-electron chi connectivity index (χ0n) is 11.1. The summed E-state index contributed by atoms with van der Waals surface area (Å²) in [5, 5.41) is 0.906. The number of benzene rings is 1. The molecule has 1 atom stereocenters. The average Bonchev–Trinajstić information content (AvgIpc) is 3.29. The van der Waals surface area contributed by atoms with Gasteiger partial charge in [-0.15, -0.1) is 0 Å². The van der Waals surface area contributed by atoms with Gasteiger partial charge in [-0.05, 0) is 37.7 Å². The lowest BCUT2D eigenvalue weighted by Crippen LogP contribution is -2.49. The second-order valence-corrected chi connectivity index (χ2v) is 6.40. The van der Waals surface area contributed by atoms with Gasteiger partial charge in [-0.3, -0.25) is 4.79 Å². The van der Waals surface area contributed by atoms with Gasteiger partial charge >= 0.3 is 0 Å². The van der Waals surface area contributed by atoms with Crippen LogP contribution < -0.4 is 0 Å². The van der Waals surface area contributed by atoms with Gasteiger partial charge in [0, 0.05) is 17.9 Å². The Morgan fingerprint density at radius 1 is 1.26 bits per heavy atom. The summed E-state index contributed by atoms with van der Waals surface area (Å²) in [5.41, 5.74) is 1.01. The molecule has 3 heteroatoms. The predicted octanol–water partition coefficient (Wildman–Crippen LogP) is 3.49. The van der Waals surface area contributed by atoms with Crippen LogP contribution in [0.4, 0.5) is 0 Å². The van der Waals surface area contributed by atoms with Crippen LogP contribution in [0, 0.1) is 0 Å². The first kappa shape index (κ1) is 13.2. The van der Waals surface area contributed by atoms with Gasteiger partial charge in [-0.1, -0.05) is 46.3 Å². The molecule has 1 saturated carbocycles. The minimum atomic E-state index is -0.195. The van der Waals surface area contributed by atoms with Crippen molar-refractivity contribution in [2.24, 2.45) is 0 Å². The number of carbonyl (C=O) groups excluding carboxylic acids is 1. The summed E-state index contributed by atoms with van der Waals surface area (Å²) < 4.78 is 0. The van der Waals surface area contributed by atoms with Gasteiger partial charge in [-0.25, -0.2) is 0 Å². The fraction of sp³-hybridized carbons (Fsp3) is 0.562.